The van der Waals surface area contributed by atoms with Crippen molar-refractivity contribution >= 4 is 5.96 Å². The first-order valence-electron chi connectivity index (χ1n) is 8.11. The van der Waals surface area contributed by atoms with Crippen LogP contribution in [0.25, 0.3) is 0 Å². The number of rotatable bonds is 2. The Morgan fingerprint density at radius 1 is 1.26 bits per heavy atom. The zero-order chi connectivity index (χ0) is 16.4. The number of nitrogens with one attached hydrogen (secondary N) is 1. The lowest BCUT2D eigenvalue weighted by molar-refractivity contribution is 0.378. The molecule has 1 aromatic carbocycles. The number of guanidine groups is 1. The third-order valence-corrected chi connectivity index (χ3v) is 4.72. The molecule has 5 nitrogen and oxygen atoms in total. The number of nitrogens with zero attached hydrogens (tertiary/aromatic N) is 4. The molecule has 3 rings (SSSR count). The topological polar surface area (TPSA) is 45.5 Å². The first kappa shape index (κ1) is 15.6. The lowest BCUT2D eigenvalue weighted by atomic mass is 10.0. The van der Waals surface area contributed by atoms with E-state index in [-0.39, 0.29) is 0 Å². The van der Waals surface area contributed by atoms with Crippen LogP contribution < -0.4 is 5.32 Å². The van der Waals surface area contributed by atoms with Crippen molar-refractivity contribution in [3.05, 3.63) is 52.3 Å². The van der Waals surface area contributed by atoms with E-state index in [0.717, 1.165) is 37.7 Å². The van der Waals surface area contributed by atoms with Gasteiger partial charge in [0.05, 0.1) is 5.69 Å². The highest BCUT2D eigenvalue weighted by molar-refractivity contribution is 5.80. The van der Waals surface area contributed by atoms with Crippen molar-refractivity contribution in [2.75, 3.05) is 13.6 Å². The molecule has 0 spiro atoms. The molecule has 1 N–H and O–H groups in total. The lowest BCUT2D eigenvalue weighted by Gasteiger charge is -2.31. The molecule has 1 aliphatic heterocycles. The van der Waals surface area contributed by atoms with Gasteiger partial charge in [0.2, 0.25) is 0 Å². The van der Waals surface area contributed by atoms with E-state index in [9.17, 15) is 0 Å². The number of benzene rings is 1. The summed E-state index contributed by atoms with van der Waals surface area (Å²) in [6.45, 7) is 6.85. The maximum Gasteiger partial charge on any atom is 0.194 e. The summed E-state index contributed by atoms with van der Waals surface area (Å²) in [4.78, 5) is 6.79. The minimum Gasteiger partial charge on any atom is -0.352 e. The van der Waals surface area contributed by atoms with Gasteiger partial charge in [0, 0.05) is 45.0 Å². The maximum atomic E-state index is 4.48. The van der Waals surface area contributed by atoms with Crippen LogP contribution >= 0.6 is 0 Å². The van der Waals surface area contributed by atoms with E-state index >= 15 is 0 Å². The average molecular weight is 311 g/mol. The van der Waals surface area contributed by atoms with Crippen LogP contribution in [-0.2, 0) is 26.6 Å². The second-order valence-corrected chi connectivity index (χ2v) is 6.11. The summed E-state index contributed by atoms with van der Waals surface area (Å²) in [6.07, 6.45) is 1.07. The molecule has 1 aliphatic rings. The van der Waals surface area contributed by atoms with Crippen LogP contribution in [0.15, 0.2) is 29.3 Å². The standard InChI is InChI=1S/C18H25N5/c1-13-17(14(2)22(4)21-13)11-20-18(19-3)23-10-9-15-7-5-6-8-16(15)12-23/h5-8H,9-12H2,1-4H3,(H,19,20). The molecule has 0 amide bonds. The van der Waals surface area contributed by atoms with E-state index in [1.807, 2.05) is 18.8 Å². The minimum atomic E-state index is 0.760. The van der Waals surface area contributed by atoms with Crippen LogP contribution in [-0.4, -0.2) is 34.2 Å². The van der Waals surface area contributed by atoms with Crippen molar-refractivity contribution < 1.29 is 0 Å². The Kier molecular flexibility index (Phi) is 4.37. The Labute approximate surface area is 138 Å². The van der Waals surface area contributed by atoms with Gasteiger partial charge in [-0.25, -0.2) is 0 Å². The Bertz CT molecular complexity index is 729. The van der Waals surface area contributed by atoms with Gasteiger partial charge in [0.25, 0.3) is 0 Å². The third-order valence-electron chi connectivity index (χ3n) is 4.72. The van der Waals surface area contributed by atoms with Gasteiger partial charge in [0.1, 0.15) is 0 Å². The highest BCUT2D eigenvalue weighted by atomic mass is 15.3. The highest BCUT2D eigenvalue weighted by Gasteiger charge is 2.19. The molecule has 122 valence electrons. The monoisotopic (exact) mass is 311 g/mol. The molecule has 0 saturated heterocycles. The molecule has 0 unspecified atom stereocenters. The molecule has 0 atom stereocenters. The van der Waals surface area contributed by atoms with Crippen molar-refractivity contribution in [3.63, 3.8) is 0 Å². The van der Waals surface area contributed by atoms with Gasteiger partial charge in [0.15, 0.2) is 5.96 Å². The number of hydrogen-bond acceptors (Lipinski definition) is 2. The van der Waals surface area contributed by atoms with Crippen LogP contribution in [0.2, 0.25) is 0 Å². The van der Waals surface area contributed by atoms with Gasteiger partial charge < -0.3 is 10.2 Å². The molecule has 1 aromatic heterocycles. The van der Waals surface area contributed by atoms with Crippen LogP contribution in [0.4, 0.5) is 0 Å². The molecule has 2 heterocycles. The van der Waals surface area contributed by atoms with Crippen molar-refractivity contribution in [1.82, 2.24) is 20.0 Å². The van der Waals surface area contributed by atoms with Gasteiger partial charge in [-0.05, 0) is 31.4 Å². The van der Waals surface area contributed by atoms with Crippen LogP contribution in [0.5, 0.6) is 0 Å². The summed E-state index contributed by atoms with van der Waals surface area (Å²) < 4.78 is 1.94. The van der Waals surface area contributed by atoms with Gasteiger partial charge >= 0.3 is 0 Å². The first-order chi connectivity index (χ1) is 11.1. The molecule has 0 saturated carbocycles. The van der Waals surface area contributed by atoms with Gasteiger partial charge in [-0.2, -0.15) is 5.10 Å². The molecule has 5 heteroatoms. The largest absolute Gasteiger partial charge is 0.352 e. The Hall–Kier alpha value is -2.30. The molecule has 0 bridgehead atoms. The normalized spacial score (nSPS) is 14.8. The first-order valence-corrected chi connectivity index (χ1v) is 8.11. The third kappa shape index (κ3) is 3.09. The molecule has 23 heavy (non-hydrogen) atoms. The fourth-order valence-corrected chi connectivity index (χ4v) is 3.25. The van der Waals surface area contributed by atoms with Crippen LogP contribution in [0, 0.1) is 13.8 Å². The van der Waals surface area contributed by atoms with E-state index in [4.69, 9.17) is 0 Å². The Morgan fingerprint density at radius 2 is 2.00 bits per heavy atom. The van der Waals surface area contributed by atoms with Gasteiger partial charge in [-0.1, -0.05) is 24.3 Å². The Balaban J connectivity index is 1.70. The van der Waals surface area contributed by atoms with Crippen LogP contribution in [0.1, 0.15) is 28.1 Å². The summed E-state index contributed by atoms with van der Waals surface area (Å²) >= 11 is 0. The van der Waals surface area contributed by atoms with E-state index in [1.54, 1.807) is 0 Å². The lowest BCUT2D eigenvalue weighted by Crippen LogP contribution is -2.43. The molecular formula is C18H25N5. The maximum absolute atomic E-state index is 4.48. The quantitative estimate of drug-likeness (QED) is 0.683. The molecule has 0 radical (unpaired) electrons. The number of hydrogen-bond donors (Lipinski definition) is 1. The summed E-state index contributed by atoms with van der Waals surface area (Å²) in [5, 5.41) is 7.98. The highest BCUT2D eigenvalue weighted by Crippen LogP contribution is 2.19. The number of fused-ring (bicyclic) bond motifs is 1. The van der Waals surface area contributed by atoms with Crippen molar-refractivity contribution in [2.24, 2.45) is 12.0 Å². The Morgan fingerprint density at radius 3 is 2.65 bits per heavy atom. The summed E-state index contributed by atoms with van der Waals surface area (Å²) in [7, 11) is 3.84. The average Bonchev–Trinajstić information content (AvgIpc) is 2.81. The van der Waals surface area contributed by atoms with Crippen molar-refractivity contribution in [1.29, 1.82) is 0 Å². The van der Waals surface area contributed by atoms with Crippen molar-refractivity contribution in [2.45, 2.75) is 33.4 Å². The zero-order valence-corrected chi connectivity index (χ0v) is 14.4. The number of aliphatic imine (C=N–C) groups is 1. The smallest absolute Gasteiger partial charge is 0.194 e. The number of aromatic nitrogens is 2. The predicted octanol–water partition coefficient (Wildman–Crippen LogP) is 2.17. The zero-order valence-electron chi connectivity index (χ0n) is 14.4. The summed E-state index contributed by atoms with van der Waals surface area (Å²) in [5.41, 5.74) is 6.39. The summed E-state index contributed by atoms with van der Waals surface area (Å²) in [6, 6.07) is 8.67. The van der Waals surface area contributed by atoms with Gasteiger partial charge in [-0.15, -0.1) is 0 Å². The fraction of sp³-hybridized carbons (Fsp3) is 0.444. The van der Waals surface area contributed by atoms with Crippen molar-refractivity contribution in [3.8, 4) is 0 Å². The van der Waals surface area contributed by atoms with E-state index in [0.29, 0.717) is 0 Å². The molecule has 0 aliphatic carbocycles. The number of aryl methyl sites for hydroxylation is 2. The van der Waals surface area contributed by atoms with Gasteiger partial charge in [-0.3, -0.25) is 9.67 Å². The SMILES string of the molecule is CN=C(NCc1c(C)nn(C)c1C)N1CCc2ccccc2C1. The molecule has 2 aromatic rings. The second-order valence-electron chi connectivity index (χ2n) is 6.11. The molecular weight excluding hydrogens is 286 g/mol. The second kappa shape index (κ2) is 6.44. The van der Waals surface area contributed by atoms with Crippen LogP contribution in [0.3, 0.4) is 0 Å². The minimum absolute atomic E-state index is 0.760. The van der Waals surface area contributed by atoms with E-state index in [1.165, 1.54) is 22.4 Å². The molecule has 0 fully saturated rings. The fourth-order valence-electron chi connectivity index (χ4n) is 3.25. The van der Waals surface area contributed by atoms with E-state index in [2.05, 4.69) is 58.4 Å². The van der Waals surface area contributed by atoms with E-state index < -0.39 is 0 Å². The predicted molar refractivity (Wildman–Crippen MR) is 93.4 cm³/mol. The summed E-state index contributed by atoms with van der Waals surface area (Å²) in [5.74, 6) is 0.960.